The van der Waals surface area contributed by atoms with E-state index in [0.717, 1.165) is 28.5 Å². The van der Waals surface area contributed by atoms with Crippen LogP contribution in [-0.4, -0.2) is 20.7 Å². The van der Waals surface area contributed by atoms with Crippen molar-refractivity contribution in [3.8, 4) is 16.9 Å². The summed E-state index contributed by atoms with van der Waals surface area (Å²) in [5, 5.41) is 8.29. The Morgan fingerprint density at radius 1 is 1.08 bits per heavy atom. The predicted molar refractivity (Wildman–Crippen MR) is 92.9 cm³/mol. The van der Waals surface area contributed by atoms with E-state index in [9.17, 15) is 13.2 Å². The summed E-state index contributed by atoms with van der Waals surface area (Å²) >= 11 is 1.68. The highest BCUT2D eigenvalue weighted by molar-refractivity contribution is 7.99. The molecule has 0 saturated carbocycles. The standard InChI is InChI=1S/C18H16F3N3S/c1-3-25-16-10-5-4-9-15(16)24-12(2)17(22-23-24)13-7-6-8-14(11-13)18(19,20)21/h4-11H,3H2,1-2H3. The fourth-order valence-electron chi connectivity index (χ4n) is 2.58. The normalized spacial score (nSPS) is 11.7. The second-order valence-electron chi connectivity index (χ2n) is 5.41. The molecule has 130 valence electrons. The third-order valence-corrected chi connectivity index (χ3v) is 4.70. The van der Waals surface area contributed by atoms with E-state index in [-0.39, 0.29) is 0 Å². The van der Waals surface area contributed by atoms with Gasteiger partial charge in [0.15, 0.2) is 0 Å². The maximum Gasteiger partial charge on any atom is 0.416 e. The Hall–Kier alpha value is -2.28. The van der Waals surface area contributed by atoms with Crippen LogP contribution < -0.4 is 0 Å². The summed E-state index contributed by atoms with van der Waals surface area (Å²) < 4.78 is 40.5. The van der Waals surface area contributed by atoms with Gasteiger partial charge in [0, 0.05) is 10.5 Å². The molecule has 0 unspecified atom stereocenters. The van der Waals surface area contributed by atoms with Crippen LogP contribution in [0.4, 0.5) is 13.2 Å². The summed E-state index contributed by atoms with van der Waals surface area (Å²) in [6.07, 6.45) is -4.38. The zero-order chi connectivity index (χ0) is 18.0. The van der Waals surface area contributed by atoms with Crippen LogP contribution in [0.2, 0.25) is 0 Å². The lowest BCUT2D eigenvalue weighted by Crippen LogP contribution is -2.04. The fraction of sp³-hybridized carbons (Fsp3) is 0.222. The number of hydrogen-bond donors (Lipinski definition) is 0. The molecule has 0 N–H and O–H groups in total. The van der Waals surface area contributed by atoms with Gasteiger partial charge in [-0.15, -0.1) is 16.9 Å². The van der Waals surface area contributed by atoms with Crippen LogP contribution in [0.3, 0.4) is 0 Å². The molecular formula is C18H16F3N3S. The highest BCUT2D eigenvalue weighted by atomic mass is 32.2. The molecule has 0 aliphatic heterocycles. The first-order valence-corrected chi connectivity index (χ1v) is 8.72. The Morgan fingerprint density at radius 3 is 2.56 bits per heavy atom. The summed E-state index contributed by atoms with van der Waals surface area (Å²) in [6, 6.07) is 12.9. The van der Waals surface area contributed by atoms with Gasteiger partial charge in [-0.25, -0.2) is 4.68 Å². The van der Waals surface area contributed by atoms with Gasteiger partial charge in [-0.3, -0.25) is 0 Å². The number of para-hydroxylation sites is 1. The Bertz CT molecular complexity index is 887. The molecule has 25 heavy (non-hydrogen) atoms. The molecule has 0 aliphatic carbocycles. The molecule has 2 aromatic carbocycles. The van der Waals surface area contributed by atoms with E-state index in [4.69, 9.17) is 0 Å². The number of thioether (sulfide) groups is 1. The van der Waals surface area contributed by atoms with Crippen LogP contribution in [0.25, 0.3) is 16.9 Å². The monoisotopic (exact) mass is 363 g/mol. The van der Waals surface area contributed by atoms with E-state index >= 15 is 0 Å². The van der Waals surface area contributed by atoms with Crippen molar-refractivity contribution in [2.45, 2.75) is 24.9 Å². The minimum atomic E-state index is -4.38. The smallest absolute Gasteiger partial charge is 0.216 e. The minimum absolute atomic E-state index is 0.402. The molecule has 0 spiro atoms. The van der Waals surface area contributed by atoms with Crippen LogP contribution >= 0.6 is 11.8 Å². The quantitative estimate of drug-likeness (QED) is 0.584. The van der Waals surface area contributed by atoms with Crippen molar-refractivity contribution in [3.63, 3.8) is 0 Å². The van der Waals surface area contributed by atoms with Crippen molar-refractivity contribution in [1.29, 1.82) is 0 Å². The van der Waals surface area contributed by atoms with E-state index < -0.39 is 11.7 Å². The van der Waals surface area contributed by atoms with E-state index in [2.05, 4.69) is 17.2 Å². The molecule has 0 atom stereocenters. The van der Waals surface area contributed by atoms with Gasteiger partial charge in [0.25, 0.3) is 0 Å². The SMILES string of the molecule is CCSc1ccccc1-n1nnc(-c2cccc(C(F)(F)F)c2)c1C. The van der Waals surface area contributed by atoms with Crippen molar-refractivity contribution in [1.82, 2.24) is 15.0 Å². The molecule has 7 heteroatoms. The van der Waals surface area contributed by atoms with Gasteiger partial charge in [0.2, 0.25) is 0 Å². The minimum Gasteiger partial charge on any atom is -0.216 e. The maximum absolute atomic E-state index is 12.9. The van der Waals surface area contributed by atoms with Crippen LogP contribution in [0.15, 0.2) is 53.4 Å². The first kappa shape index (κ1) is 17.5. The largest absolute Gasteiger partial charge is 0.416 e. The Kier molecular flexibility index (Phi) is 4.85. The molecule has 3 nitrogen and oxygen atoms in total. The molecule has 0 bridgehead atoms. The average Bonchev–Trinajstić information content (AvgIpc) is 2.96. The Labute approximate surface area is 147 Å². The van der Waals surface area contributed by atoms with Crippen molar-refractivity contribution < 1.29 is 13.2 Å². The molecule has 0 aliphatic rings. The molecule has 0 fully saturated rings. The molecule has 3 rings (SSSR count). The molecule has 0 amide bonds. The number of benzene rings is 2. The maximum atomic E-state index is 12.9. The second-order valence-corrected chi connectivity index (χ2v) is 6.72. The van der Waals surface area contributed by atoms with Gasteiger partial charge < -0.3 is 0 Å². The predicted octanol–water partition coefficient (Wildman–Crippen LogP) is 5.37. The number of rotatable bonds is 4. The van der Waals surface area contributed by atoms with Crippen molar-refractivity contribution in [2.24, 2.45) is 0 Å². The number of alkyl halides is 3. The van der Waals surface area contributed by atoms with Gasteiger partial charge in [-0.2, -0.15) is 13.2 Å². The molecule has 3 aromatic rings. The van der Waals surface area contributed by atoms with Gasteiger partial charge >= 0.3 is 6.18 Å². The Morgan fingerprint density at radius 2 is 1.84 bits per heavy atom. The van der Waals surface area contributed by atoms with Crippen LogP contribution in [0.1, 0.15) is 18.2 Å². The first-order chi connectivity index (χ1) is 11.9. The molecule has 1 heterocycles. The summed E-state index contributed by atoms with van der Waals surface area (Å²) in [4.78, 5) is 1.05. The third kappa shape index (κ3) is 3.56. The highest BCUT2D eigenvalue weighted by Crippen LogP contribution is 2.33. The molecule has 0 radical (unpaired) electrons. The molecule has 1 aromatic heterocycles. The topological polar surface area (TPSA) is 30.7 Å². The zero-order valence-corrected chi connectivity index (χ0v) is 14.5. The van der Waals surface area contributed by atoms with Gasteiger partial charge in [0.05, 0.1) is 16.9 Å². The van der Waals surface area contributed by atoms with Crippen molar-refractivity contribution in [3.05, 3.63) is 59.8 Å². The van der Waals surface area contributed by atoms with Crippen molar-refractivity contribution in [2.75, 3.05) is 5.75 Å². The number of hydrogen-bond acceptors (Lipinski definition) is 3. The summed E-state index contributed by atoms with van der Waals surface area (Å²) in [5.74, 6) is 0.908. The number of aromatic nitrogens is 3. The van der Waals surface area contributed by atoms with Crippen molar-refractivity contribution >= 4 is 11.8 Å². The average molecular weight is 363 g/mol. The van der Waals surface area contributed by atoms with Gasteiger partial charge in [-0.1, -0.05) is 36.4 Å². The zero-order valence-electron chi connectivity index (χ0n) is 13.7. The lowest BCUT2D eigenvalue weighted by atomic mass is 10.1. The van der Waals surface area contributed by atoms with E-state index in [1.165, 1.54) is 6.07 Å². The summed E-state index contributed by atoms with van der Waals surface area (Å²) in [6.45, 7) is 3.87. The highest BCUT2D eigenvalue weighted by Gasteiger charge is 2.30. The van der Waals surface area contributed by atoms with Crippen LogP contribution in [-0.2, 0) is 6.18 Å². The lowest BCUT2D eigenvalue weighted by molar-refractivity contribution is -0.137. The first-order valence-electron chi connectivity index (χ1n) is 7.74. The lowest BCUT2D eigenvalue weighted by Gasteiger charge is -2.10. The van der Waals surface area contributed by atoms with E-state index in [1.807, 2.05) is 31.2 Å². The summed E-state index contributed by atoms with van der Waals surface area (Å²) in [7, 11) is 0. The van der Waals surface area contributed by atoms with Crippen LogP contribution in [0, 0.1) is 6.92 Å². The number of halogens is 3. The van der Waals surface area contributed by atoms with Crippen LogP contribution in [0.5, 0.6) is 0 Å². The molecular weight excluding hydrogens is 347 g/mol. The fourth-order valence-corrected chi connectivity index (χ4v) is 3.37. The Balaban J connectivity index is 2.06. The van der Waals surface area contributed by atoms with Gasteiger partial charge in [0.1, 0.15) is 5.69 Å². The van der Waals surface area contributed by atoms with E-state index in [1.54, 1.807) is 22.5 Å². The second kappa shape index (κ2) is 6.92. The summed E-state index contributed by atoms with van der Waals surface area (Å²) in [5.41, 5.74) is 1.73. The molecule has 0 saturated heterocycles. The number of nitrogens with zero attached hydrogens (tertiary/aromatic N) is 3. The van der Waals surface area contributed by atoms with E-state index in [0.29, 0.717) is 17.0 Å². The third-order valence-electron chi connectivity index (χ3n) is 3.75. The van der Waals surface area contributed by atoms with Gasteiger partial charge in [-0.05, 0) is 36.9 Å².